The van der Waals surface area contributed by atoms with E-state index in [0.29, 0.717) is 15.8 Å². The number of allylic oxidation sites excluding steroid dienone is 2. The third-order valence-corrected chi connectivity index (χ3v) is 6.10. The fourth-order valence-electron chi connectivity index (χ4n) is 3.51. The summed E-state index contributed by atoms with van der Waals surface area (Å²) in [5.74, 6) is 0.639. The van der Waals surface area contributed by atoms with Gasteiger partial charge in [0, 0.05) is 13.6 Å². The number of nitrogens with zero attached hydrogens (tertiary/aromatic N) is 2. The maximum absolute atomic E-state index is 13.1. The van der Waals surface area contributed by atoms with Crippen molar-refractivity contribution in [3.63, 3.8) is 0 Å². The zero-order valence-corrected chi connectivity index (χ0v) is 19.8. The van der Waals surface area contributed by atoms with E-state index in [-0.39, 0.29) is 31.6 Å². The zero-order valence-electron chi connectivity index (χ0n) is 18.3. The van der Waals surface area contributed by atoms with E-state index >= 15 is 0 Å². The van der Waals surface area contributed by atoms with E-state index in [4.69, 9.17) is 33.0 Å². The smallest absolute Gasteiger partial charge is 0.227 e. The number of benzene rings is 1. The number of amides is 1. The highest BCUT2D eigenvalue weighted by Crippen LogP contribution is 2.23. The number of halogens is 2. The molecule has 0 unspecified atom stereocenters. The van der Waals surface area contributed by atoms with Crippen LogP contribution in [0.4, 0.5) is 0 Å². The molecule has 2 rings (SSSR count). The van der Waals surface area contributed by atoms with Gasteiger partial charge in [-0.1, -0.05) is 41.9 Å². The summed E-state index contributed by atoms with van der Waals surface area (Å²) in [6.45, 7) is 9.09. The van der Waals surface area contributed by atoms with Gasteiger partial charge in [-0.2, -0.15) is 0 Å². The van der Waals surface area contributed by atoms with Gasteiger partial charge in [-0.3, -0.25) is 4.79 Å². The number of aliphatic hydroxyl groups excluding tert-OH is 1. The Morgan fingerprint density at radius 2 is 2.00 bits per heavy atom. The number of carbonyl (C=O) groups is 1. The number of likely N-dealkylation sites (N-methyl/N-ethyl adjacent to an activating group) is 1. The van der Waals surface area contributed by atoms with Crippen LogP contribution in [-0.2, 0) is 16.0 Å². The first kappa shape index (κ1) is 25.5. The van der Waals surface area contributed by atoms with Crippen LogP contribution in [0.5, 0.6) is 0 Å². The molecule has 1 aromatic rings. The fourth-order valence-corrected chi connectivity index (χ4v) is 3.83. The molecule has 1 saturated heterocycles. The minimum atomic E-state index is -0.166. The molecule has 0 spiro atoms. The van der Waals surface area contributed by atoms with Crippen LogP contribution in [0.2, 0.25) is 10.0 Å². The average molecular weight is 467 g/mol. The molecule has 0 aliphatic carbocycles. The normalized spacial score (nSPS) is 16.0. The largest absolute Gasteiger partial charge is 0.492 e. The Hall–Kier alpha value is -1.79. The Balaban J connectivity index is 2.13. The molecule has 1 atom stereocenters. The van der Waals surface area contributed by atoms with Gasteiger partial charge in [0.15, 0.2) is 0 Å². The van der Waals surface area contributed by atoms with E-state index in [0.717, 1.165) is 30.8 Å². The highest BCUT2D eigenvalue weighted by Gasteiger charge is 2.25. The Morgan fingerprint density at radius 1 is 1.29 bits per heavy atom. The molecule has 1 aliphatic rings. The molecular weight excluding hydrogens is 435 g/mol. The molecule has 0 saturated carbocycles. The van der Waals surface area contributed by atoms with E-state index in [9.17, 15) is 4.79 Å². The molecule has 7 heteroatoms. The molecule has 0 aromatic heterocycles. The van der Waals surface area contributed by atoms with Crippen LogP contribution in [0.15, 0.2) is 54.3 Å². The lowest BCUT2D eigenvalue weighted by atomic mass is 10.0. The minimum Gasteiger partial charge on any atom is -0.492 e. The molecule has 31 heavy (non-hydrogen) atoms. The lowest BCUT2D eigenvalue weighted by Crippen LogP contribution is -2.45. The van der Waals surface area contributed by atoms with E-state index in [1.165, 1.54) is 12.8 Å². The first-order valence-electron chi connectivity index (χ1n) is 10.5. The maximum atomic E-state index is 13.1. The molecule has 170 valence electrons. The summed E-state index contributed by atoms with van der Waals surface area (Å²) in [5.41, 5.74) is 1.64. The zero-order chi connectivity index (χ0) is 22.8. The van der Waals surface area contributed by atoms with Gasteiger partial charge in [-0.05, 0) is 68.3 Å². The summed E-state index contributed by atoms with van der Waals surface area (Å²) >= 11 is 12.1. The number of hydrogen-bond donors (Lipinski definition) is 1. The van der Waals surface area contributed by atoms with Gasteiger partial charge in [0.2, 0.25) is 5.91 Å². The number of ether oxygens (including phenoxy) is 1. The summed E-state index contributed by atoms with van der Waals surface area (Å²) in [5, 5.41) is 9.88. The molecule has 1 heterocycles. The van der Waals surface area contributed by atoms with Crippen molar-refractivity contribution >= 4 is 29.1 Å². The topological polar surface area (TPSA) is 53.0 Å². The molecule has 1 fully saturated rings. The summed E-state index contributed by atoms with van der Waals surface area (Å²) in [7, 11) is 1.82. The van der Waals surface area contributed by atoms with Gasteiger partial charge in [0.25, 0.3) is 0 Å². The van der Waals surface area contributed by atoms with E-state index in [1.54, 1.807) is 17.0 Å². The third-order valence-electron chi connectivity index (χ3n) is 5.36. The van der Waals surface area contributed by atoms with Crippen molar-refractivity contribution in [1.29, 1.82) is 0 Å². The van der Waals surface area contributed by atoms with Crippen LogP contribution in [0.1, 0.15) is 25.3 Å². The number of aliphatic hydroxyl groups is 1. The Morgan fingerprint density at radius 3 is 2.61 bits per heavy atom. The molecule has 1 aliphatic heterocycles. The molecule has 0 radical (unpaired) electrons. The van der Waals surface area contributed by atoms with E-state index in [1.807, 2.05) is 38.3 Å². The van der Waals surface area contributed by atoms with Gasteiger partial charge in [-0.25, -0.2) is 0 Å². The number of rotatable bonds is 11. The fraction of sp³-hybridized carbons (Fsp3) is 0.458. The first-order chi connectivity index (χ1) is 14.8. The average Bonchev–Trinajstić information content (AvgIpc) is 3.27. The molecular formula is C24H32Cl2N2O3. The van der Waals surface area contributed by atoms with Gasteiger partial charge < -0.3 is 19.6 Å². The molecule has 0 bridgehead atoms. The minimum absolute atomic E-state index is 0.0140. The summed E-state index contributed by atoms with van der Waals surface area (Å²) in [6.07, 6.45) is 8.12. The summed E-state index contributed by atoms with van der Waals surface area (Å²) in [4.78, 5) is 17.2. The number of carbonyl (C=O) groups excluding carboxylic acids is 1. The number of likely N-dealkylation sites (tertiary alicyclic amines) is 1. The van der Waals surface area contributed by atoms with Crippen LogP contribution in [0.25, 0.3) is 0 Å². The SMILES string of the molecule is C=C(/C=C\C(=C/C)OCCO)[C@@H](CN1CCCC1)N(C)C(=O)Cc1ccc(Cl)c(Cl)c1. The van der Waals surface area contributed by atoms with Crippen LogP contribution in [-0.4, -0.2) is 66.8 Å². The monoisotopic (exact) mass is 466 g/mol. The van der Waals surface area contributed by atoms with E-state index in [2.05, 4.69) is 11.5 Å². The van der Waals surface area contributed by atoms with Crippen molar-refractivity contribution in [2.24, 2.45) is 0 Å². The van der Waals surface area contributed by atoms with Crippen LogP contribution in [0.3, 0.4) is 0 Å². The molecule has 5 nitrogen and oxygen atoms in total. The van der Waals surface area contributed by atoms with Crippen molar-refractivity contribution in [2.75, 3.05) is 39.9 Å². The lowest BCUT2D eigenvalue weighted by molar-refractivity contribution is -0.130. The van der Waals surface area contributed by atoms with Gasteiger partial charge in [-0.15, -0.1) is 0 Å². The first-order valence-corrected chi connectivity index (χ1v) is 11.3. The highest BCUT2D eigenvalue weighted by molar-refractivity contribution is 6.42. The van der Waals surface area contributed by atoms with Crippen LogP contribution < -0.4 is 0 Å². The second-order valence-corrected chi connectivity index (χ2v) is 8.44. The quantitative estimate of drug-likeness (QED) is 0.385. The molecule has 1 aromatic carbocycles. The van der Waals surface area contributed by atoms with E-state index < -0.39 is 0 Å². The van der Waals surface area contributed by atoms with Crippen molar-refractivity contribution in [3.8, 4) is 0 Å². The molecule has 1 N–H and O–H groups in total. The van der Waals surface area contributed by atoms with Crippen molar-refractivity contribution < 1.29 is 14.6 Å². The van der Waals surface area contributed by atoms with Crippen molar-refractivity contribution in [3.05, 3.63) is 69.9 Å². The second kappa shape index (κ2) is 12.9. The van der Waals surface area contributed by atoms with Crippen molar-refractivity contribution in [1.82, 2.24) is 9.80 Å². The van der Waals surface area contributed by atoms with Gasteiger partial charge in [0.05, 0.1) is 29.1 Å². The molecule has 1 amide bonds. The van der Waals surface area contributed by atoms with Crippen LogP contribution in [0, 0.1) is 0 Å². The summed E-state index contributed by atoms with van der Waals surface area (Å²) < 4.78 is 5.48. The highest BCUT2D eigenvalue weighted by atomic mass is 35.5. The Bertz CT molecular complexity index is 817. The maximum Gasteiger partial charge on any atom is 0.227 e. The van der Waals surface area contributed by atoms with Crippen LogP contribution >= 0.6 is 23.2 Å². The lowest BCUT2D eigenvalue weighted by Gasteiger charge is -2.32. The third kappa shape index (κ3) is 8.00. The van der Waals surface area contributed by atoms with Crippen molar-refractivity contribution in [2.45, 2.75) is 32.2 Å². The summed E-state index contributed by atoms with van der Waals surface area (Å²) in [6, 6.07) is 5.10. The Kier molecular flexibility index (Phi) is 10.6. The Labute approximate surface area is 195 Å². The standard InChI is InChI=1S/C24H32Cl2N2O3/c1-4-20(31-14-13-29)9-7-18(2)23(17-28-11-5-6-12-28)27(3)24(30)16-19-8-10-21(25)22(26)15-19/h4,7-10,15,23,29H,2,5-6,11-14,16-17H2,1,3H3/b9-7-,20-4+/t23-/m1/s1. The predicted molar refractivity (Wildman–Crippen MR) is 127 cm³/mol. The van der Waals surface area contributed by atoms with Gasteiger partial charge >= 0.3 is 0 Å². The predicted octanol–water partition coefficient (Wildman–Crippen LogP) is 4.48. The van der Waals surface area contributed by atoms with Gasteiger partial charge in [0.1, 0.15) is 12.4 Å². The second-order valence-electron chi connectivity index (χ2n) is 7.62. The number of hydrogen-bond acceptors (Lipinski definition) is 4.